The summed E-state index contributed by atoms with van der Waals surface area (Å²) in [7, 11) is 0. The Bertz CT molecular complexity index is 1850. The van der Waals surface area contributed by atoms with Crippen molar-refractivity contribution in [2.75, 3.05) is 23.7 Å². The third-order valence-corrected chi connectivity index (χ3v) is 11.9. The molecule has 0 saturated carbocycles. The van der Waals surface area contributed by atoms with Gasteiger partial charge >= 0.3 is 5.97 Å². The van der Waals surface area contributed by atoms with Gasteiger partial charge in [-0.3, -0.25) is 14.5 Å². The number of benzene rings is 3. The van der Waals surface area contributed by atoms with E-state index in [-0.39, 0.29) is 22.4 Å². The number of allylic oxidation sites excluding steroid dienone is 1. The van der Waals surface area contributed by atoms with Crippen LogP contribution in [-0.2, 0) is 14.3 Å². The molecule has 234 valence electrons. The van der Waals surface area contributed by atoms with Crippen LogP contribution in [0, 0.1) is 0 Å². The highest BCUT2D eigenvalue weighted by Crippen LogP contribution is 2.42. The monoisotopic (exact) mass is 667 g/mol. The van der Waals surface area contributed by atoms with Gasteiger partial charge in [-0.15, -0.1) is 23.1 Å². The Hall–Kier alpha value is -3.83. The summed E-state index contributed by atoms with van der Waals surface area (Å²) in [6.07, 6.45) is 4.84. The maximum absolute atomic E-state index is 14.0. The molecule has 4 heterocycles. The van der Waals surface area contributed by atoms with Crippen molar-refractivity contribution in [1.82, 2.24) is 4.90 Å². The molecular formula is C36H33N3O4S3. The number of thioether (sulfide) groups is 2. The summed E-state index contributed by atoms with van der Waals surface area (Å²) < 4.78 is 8.00. The van der Waals surface area contributed by atoms with Gasteiger partial charge in [0.2, 0.25) is 5.91 Å². The molecule has 7 nitrogen and oxygen atoms in total. The van der Waals surface area contributed by atoms with Gasteiger partial charge in [-0.25, -0.2) is 4.79 Å². The van der Waals surface area contributed by atoms with Gasteiger partial charge in [-0.05, 0) is 65.6 Å². The zero-order valence-corrected chi connectivity index (χ0v) is 27.5. The molecule has 2 atom stereocenters. The number of nitrogens with zero attached hydrogens (tertiary/aromatic N) is 2. The highest BCUT2D eigenvalue weighted by molar-refractivity contribution is 8.04. The van der Waals surface area contributed by atoms with Crippen LogP contribution < -0.4 is 16.1 Å². The lowest BCUT2D eigenvalue weighted by molar-refractivity contribution is -0.153. The Morgan fingerprint density at radius 1 is 0.935 bits per heavy atom. The van der Waals surface area contributed by atoms with Crippen LogP contribution in [0.25, 0.3) is 10.1 Å². The number of esters is 1. The van der Waals surface area contributed by atoms with Crippen LogP contribution in [0.3, 0.4) is 0 Å². The van der Waals surface area contributed by atoms with Gasteiger partial charge in [0.15, 0.2) is 11.5 Å². The first-order valence-corrected chi connectivity index (χ1v) is 18.1. The minimum absolute atomic E-state index is 0.0116. The second-order valence-corrected chi connectivity index (χ2v) is 14.9. The van der Waals surface area contributed by atoms with Gasteiger partial charge in [-0.1, -0.05) is 72.4 Å². The summed E-state index contributed by atoms with van der Waals surface area (Å²) in [5, 5.41) is 2.29. The first kappa shape index (κ1) is 30.8. The van der Waals surface area contributed by atoms with Crippen molar-refractivity contribution >= 4 is 62.5 Å². The van der Waals surface area contributed by atoms with E-state index in [1.807, 2.05) is 78.2 Å². The quantitative estimate of drug-likeness (QED) is 0.126. The second kappa shape index (κ2) is 13.5. The number of amides is 1. The van der Waals surface area contributed by atoms with Crippen LogP contribution in [0.2, 0.25) is 0 Å². The highest BCUT2D eigenvalue weighted by atomic mass is 32.2. The fourth-order valence-electron chi connectivity index (χ4n) is 6.12. The zero-order chi connectivity index (χ0) is 31.6. The largest absolute Gasteiger partial charge is 0.448 e. The zero-order valence-electron chi connectivity index (χ0n) is 25.0. The maximum Gasteiger partial charge on any atom is 0.356 e. The molecule has 2 saturated heterocycles. The van der Waals surface area contributed by atoms with Gasteiger partial charge in [0.25, 0.3) is 0 Å². The third-order valence-electron chi connectivity index (χ3n) is 8.53. The Kier molecular flexibility index (Phi) is 9.04. The predicted molar refractivity (Wildman–Crippen MR) is 188 cm³/mol. The topological polar surface area (TPSA) is 92.9 Å². The van der Waals surface area contributed by atoms with Gasteiger partial charge in [-0.2, -0.15) is 0 Å². The second-order valence-electron chi connectivity index (χ2n) is 11.5. The van der Waals surface area contributed by atoms with Crippen LogP contribution in [0.1, 0.15) is 36.5 Å². The van der Waals surface area contributed by atoms with E-state index in [0.29, 0.717) is 11.3 Å². The summed E-state index contributed by atoms with van der Waals surface area (Å²) in [5.41, 5.74) is 9.83. The molecule has 10 heteroatoms. The number of carbonyl (C=O) groups excluding carboxylic acids is 2. The fourth-order valence-corrected chi connectivity index (χ4v) is 9.39. The molecule has 0 radical (unpaired) electrons. The molecule has 3 aliphatic heterocycles. The van der Waals surface area contributed by atoms with Crippen molar-refractivity contribution in [3.63, 3.8) is 0 Å². The standard InChI is InChI=1S/C36H33N3O4S3/c37-31-34(41)39-32(36(42)43-33(23-10-4-1-5-11-23)24-12-6-2-7-13-24)25(22-45-35(31)39)16-19-44-30-21-28(40)27-15-14-26(20-29(27)46-30)38-17-8-3-9-18-38/h1-2,4-7,10-16,19-21,31,33,35H,3,8-9,17-18,22,37H2/b19-16+/t31-,35-/m1/s1. The number of β-lactam (4-membered cyclic amide) rings is 1. The van der Waals surface area contributed by atoms with E-state index in [1.54, 1.807) is 17.4 Å². The normalized spacial score (nSPS) is 19.9. The van der Waals surface area contributed by atoms with Gasteiger partial charge in [0, 0.05) is 40.7 Å². The van der Waals surface area contributed by atoms with Crippen molar-refractivity contribution in [3.8, 4) is 0 Å². The Morgan fingerprint density at radius 2 is 1.63 bits per heavy atom. The average Bonchev–Trinajstić information content (AvgIpc) is 3.10. The van der Waals surface area contributed by atoms with E-state index >= 15 is 0 Å². The first-order valence-electron chi connectivity index (χ1n) is 15.4. The SMILES string of the molecule is N[C@@H]1C(=O)N2C(C(=O)OC(c3ccccc3)c3ccccc3)=C(/C=C/Sc3cc(=O)c4ccc(N5CCCCC5)cc4s3)CS[C@H]12. The molecule has 4 aromatic rings. The molecule has 0 aliphatic carbocycles. The number of fused-ring (bicyclic) bond motifs is 2. The highest BCUT2D eigenvalue weighted by Gasteiger charge is 2.52. The number of nitrogens with two attached hydrogens (primary N) is 1. The molecule has 1 amide bonds. The lowest BCUT2D eigenvalue weighted by Crippen LogP contribution is -2.68. The maximum atomic E-state index is 14.0. The van der Waals surface area contributed by atoms with Crippen LogP contribution in [0.4, 0.5) is 5.69 Å². The Morgan fingerprint density at radius 3 is 2.33 bits per heavy atom. The number of ether oxygens (including phenoxy) is 1. The lowest BCUT2D eigenvalue weighted by Gasteiger charge is -2.48. The van der Waals surface area contributed by atoms with Crippen molar-refractivity contribution in [1.29, 1.82) is 0 Å². The minimum atomic E-state index is -0.656. The molecule has 7 rings (SSSR count). The van der Waals surface area contributed by atoms with E-state index in [2.05, 4.69) is 17.0 Å². The van der Waals surface area contributed by atoms with Crippen molar-refractivity contribution in [2.45, 2.75) is 41.0 Å². The van der Waals surface area contributed by atoms with Crippen LogP contribution in [-0.4, -0.2) is 47.0 Å². The molecule has 1 aromatic heterocycles. The number of anilines is 1. The summed E-state index contributed by atoms with van der Waals surface area (Å²) in [6, 6.07) is 26.3. The predicted octanol–water partition coefficient (Wildman–Crippen LogP) is 6.69. The molecular weight excluding hydrogens is 635 g/mol. The van der Waals surface area contributed by atoms with Gasteiger partial charge in [0.1, 0.15) is 17.1 Å². The Balaban J connectivity index is 1.17. The molecule has 0 bridgehead atoms. The van der Waals surface area contributed by atoms with E-state index in [0.717, 1.165) is 44.2 Å². The number of hydrogen-bond acceptors (Lipinski definition) is 9. The van der Waals surface area contributed by atoms with Crippen molar-refractivity contribution in [3.05, 3.63) is 129 Å². The molecule has 46 heavy (non-hydrogen) atoms. The number of carbonyl (C=O) groups is 2. The first-order chi connectivity index (χ1) is 22.5. The van der Waals surface area contributed by atoms with E-state index in [1.165, 1.54) is 47.7 Å². The Labute approximate surface area is 280 Å². The van der Waals surface area contributed by atoms with Crippen molar-refractivity contribution < 1.29 is 14.3 Å². The molecule has 0 unspecified atom stereocenters. The summed E-state index contributed by atoms with van der Waals surface area (Å²) in [5.74, 6) is -0.373. The van der Waals surface area contributed by atoms with E-state index in [4.69, 9.17) is 10.5 Å². The van der Waals surface area contributed by atoms with Crippen molar-refractivity contribution in [2.24, 2.45) is 5.73 Å². The summed E-state index contributed by atoms with van der Waals surface area (Å²) >= 11 is 4.54. The minimum Gasteiger partial charge on any atom is -0.448 e. The van der Waals surface area contributed by atoms with Crippen LogP contribution in [0.5, 0.6) is 0 Å². The van der Waals surface area contributed by atoms with E-state index < -0.39 is 18.1 Å². The van der Waals surface area contributed by atoms with E-state index in [9.17, 15) is 14.4 Å². The summed E-state index contributed by atoms with van der Waals surface area (Å²) in [4.78, 5) is 43.8. The van der Waals surface area contributed by atoms with Crippen LogP contribution in [0.15, 0.2) is 117 Å². The number of rotatable bonds is 8. The van der Waals surface area contributed by atoms with Crippen LogP contribution >= 0.6 is 34.9 Å². The third kappa shape index (κ3) is 6.14. The smallest absolute Gasteiger partial charge is 0.356 e. The fraction of sp³-hybridized carbons (Fsp3) is 0.250. The average molecular weight is 668 g/mol. The molecule has 2 fully saturated rings. The molecule has 3 aliphatic rings. The number of piperidine rings is 1. The summed E-state index contributed by atoms with van der Waals surface area (Å²) in [6.45, 7) is 2.08. The molecule has 2 N–H and O–H groups in total. The molecule has 0 spiro atoms. The lowest BCUT2D eigenvalue weighted by atomic mass is 10.0. The number of hydrogen-bond donors (Lipinski definition) is 1. The van der Waals surface area contributed by atoms with Gasteiger partial charge in [0.05, 0.1) is 4.21 Å². The molecule has 3 aromatic carbocycles. The van der Waals surface area contributed by atoms with Gasteiger partial charge < -0.3 is 15.4 Å².